The first-order chi connectivity index (χ1) is 15.9. The fourth-order valence-electron chi connectivity index (χ4n) is 3.65. The molecule has 0 unspecified atom stereocenters. The molecule has 0 saturated carbocycles. The van der Waals surface area contributed by atoms with Crippen molar-refractivity contribution in [1.82, 2.24) is 10.2 Å². The molecule has 0 bridgehead atoms. The zero-order chi connectivity index (χ0) is 24.8. The van der Waals surface area contributed by atoms with Crippen LogP contribution in [0.3, 0.4) is 0 Å². The number of fused-ring (bicyclic) bond motifs is 1. The number of sulfone groups is 1. The van der Waals surface area contributed by atoms with Crippen molar-refractivity contribution in [2.45, 2.75) is 50.2 Å². The number of anilines is 1. The quantitative estimate of drug-likeness (QED) is 0.570. The Balaban J connectivity index is 1.87. The summed E-state index contributed by atoms with van der Waals surface area (Å²) in [5.74, 6) is -1.91. The molecular formula is C23H26FN5O4S. The topological polar surface area (TPSA) is 145 Å². The maximum Gasteiger partial charge on any atom is 0.250 e. The van der Waals surface area contributed by atoms with Crippen molar-refractivity contribution >= 4 is 21.4 Å². The standard InChI is InChI=1S/C23H26FN5O4S/c1-23(2,3)22-28-27-20(33-22)15-8-18-19(9-16(15)24)34(31,32)12-17(26)21(30)29(18)11-14-6-4-13(10-25)5-7-14/h4-9,17H,10-12,25-26H2,1-3H3/t17-/m0/s1. The van der Waals surface area contributed by atoms with Gasteiger partial charge in [0.2, 0.25) is 11.8 Å². The number of carbonyl (C=O) groups excluding carboxylic acids is 1. The molecule has 1 aromatic heterocycles. The van der Waals surface area contributed by atoms with E-state index in [1.165, 1.54) is 11.0 Å². The molecule has 180 valence electrons. The maximum atomic E-state index is 15.1. The molecule has 34 heavy (non-hydrogen) atoms. The lowest BCUT2D eigenvalue weighted by molar-refractivity contribution is -0.119. The van der Waals surface area contributed by atoms with Crippen molar-refractivity contribution < 1.29 is 22.0 Å². The normalized spacial score (nSPS) is 18.0. The summed E-state index contributed by atoms with van der Waals surface area (Å²) in [6.07, 6.45) is 0. The van der Waals surface area contributed by atoms with E-state index < -0.39 is 38.8 Å². The molecule has 9 nitrogen and oxygen atoms in total. The largest absolute Gasteiger partial charge is 0.420 e. The molecule has 4 N–H and O–H groups in total. The van der Waals surface area contributed by atoms with Crippen LogP contribution >= 0.6 is 0 Å². The number of nitrogens with two attached hydrogens (primary N) is 2. The third-order valence-corrected chi connectivity index (χ3v) is 7.35. The Morgan fingerprint density at radius 1 is 1.15 bits per heavy atom. The highest BCUT2D eigenvalue weighted by atomic mass is 32.2. The minimum Gasteiger partial charge on any atom is -0.420 e. The Morgan fingerprint density at radius 2 is 1.79 bits per heavy atom. The van der Waals surface area contributed by atoms with Crippen LogP contribution in [-0.2, 0) is 33.1 Å². The van der Waals surface area contributed by atoms with Crippen LogP contribution in [0.15, 0.2) is 45.7 Å². The number of halogens is 1. The second-order valence-electron chi connectivity index (χ2n) is 9.30. The summed E-state index contributed by atoms with van der Waals surface area (Å²) in [5.41, 5.74) is 12.6. The zero-order valence-corrected chi connectivity index (χ0v) is 19.9. The van der Waals surface area contributed by atoms with Gasteiger partial charge >= 0.3 is 0 Å². The van der Waals surface area contributed by atoms with E-state index in [9.17, 15) is 13.2 Å². The fraction of sp³-hybridized carbons (Fsp3) is 0.348. The Morgan fingerprint density at radius 3 is 2.38 bits per heavy atom. The molecule has 11 heteroatoms. The first-order valence-electron chi connectivity index (χ1n) is 10.7. The van der Waals surface area contributed by atoms with Crippen LogP contribution < -0.4 is 16.4 Å². The van der Waals surface area contributed by atoms with E-state index in [1.54, 1.807) is 12.1 Å². The number of hydrogen-bond acceptors (Lipinski definition) is 8. The third-order valence-electron chi connectivity index (χ3n) is 5.55. The second-order valence-corrected chi connectivity index (χ2v) is 11.3. The highest BCUT2D eigenvalue weighted by molar-refractivity contribution is 7.91. The molecule has 0 fully saturated rings. The molecule has 1 aliphatic rings. The minimum absolute atomic E-state index is 0.00719. The van der Waals surface area contributed by atoms with Gasteiger partial charge in [-0.1, -0.05) is 45.0 Å². The van der Waals surface area contributed by atoms with E-state index >= 15 is 4.39 Å². The third kappa shape index (κ3) is 4.46. The lowest BCUT2D eigenvalue weighted by atomic mass is 9.97. The average Bonchev–Trinajstić information content (AvgIpc) is 3.25. The van der Waals surface area contributed by atoms with Crippen LogP contribution in [0.2, 0.25) is 0 Å². The van der Waals surface area contributed by atoms with Gasteiger partial charge in [-0.3, -0.25) is 4.79 Å². The number of rotatable bonds is 4. The van der Waals surface area contributed by atoms with Gasteiger partial charge in [0.25, 0.3) is 5.89 Å². The smallest absolute Gasteiger partial charge is 0.250 e. The lowest BCUT2D eigenvalue weighted by Gasteiger charge is -2.24. The number of carbonyl (C=O) groups is 1. The highest BCUT2D eigenvalue weighted by Gasteiger charge is 2.37. The van der Waals surface area contributed by atoms with E-state index in [-0.39, 0.29) is 28.6 Å². The van der Waals surface area contributed by atoms with Gasteiger partial charge in [0.05, 0.1) is 34.5 Å². The number of hydrogen-bond donors (Lipinski definition) is 2. The molecule has 2 heterocycles. The summed E-state index contributed by atoms with van der Waals surface area (Å²) in [6.45, 7) is 5.98. The monoisotopic (exact) mass is 487 g/mol. The molecule has 0 spiro atoms. The molecule has 3 aromatic rings. The molecule has 1 atom stereocenters. The van der Waals surface area contributed by atoms with Gasteiger partial charge in [-0.05, 0) is 23.3 Å². The summed E-state index contributed by atoms with van der Waals surface area (Å²) >= 11 is 0. The first-order valence-corrected chi connectivity index (χ1v) is 12.3. The predicted molar refractivity (Wildman–Crippen MR) is 124 cm³/mol. The van der Waals surface area contributed by atoms with E-state index in [0.717, 1.165) is 17.2 Å². The van der Waals surface area contributed by atoms with E-state index in [4.69, 9.17) is 15.9 Å². The van der Waals surface area contributed by atoms with Crippen LogP contribution in [0, 0.1) is 5.82 Å². The van der Waals surface area contributed by atoms with Crippen molar-refractivity contribution in [3.8, 4) is 11.5 Å². The molecule has 0 aliphatic carbocycles. The predicted octanol–water partition coefficient (Wildman–Crippen LogP) is 2.28. The van der Waals surface area contributed by atoms with Gasteiger partial charge in [0.15, 0.2) is 9.84 Å². The summed E-state index contributed by atoms with van der Waals surface area (Å²) in [4.78, 5) is 14.1. The van der Waals surface area contributed by atoms with Gasteiger partial charge in [-0.15, -0.1) is 10.2 Å². The number of nitrogens with zero attached hydrogens (tertiary/aromatic N) is 3. The summed E-state index contributed by atoms with van der Waals surface area (Å²) in [5, 5.41) is 7.92. The summed E-state index contributed by atoms with van der Waals surface area (Å²) in [7, 11) is -4.05. The Bertz CT molecular complexity index is 1350. The fourth-order valence-corrected chi connectivity index (χ4v) is 5.21. The summed E-state index contributed by atoms with van der Waals surface area (Å²) < 4.78 is 46.8. The van der Waals surface area contributed by atoms with Gasteiger partial charge in [-0.2, -0.15) is 0 Å². The van der Waals surface area contributed by atoms with Gasteiger partial charge < -0.3 is 20.8 Å². The highest BCUT2D eigenvalue weighted by Crippen LogP contribution is 2.37. The second kappa shape index (κ2) is 8.57. The average molecular weight is 488 g/mol. The van der Waals surface area contributed by atoms with Crippen molar-refractivity contribution in [2.24, 2.45) is 11.5 Å². The Kier molecular flexibility index (Phi) is 6.05. The molecule has 1 aliphatic heterocycles. The van der Waals surface area contributed by atoms with E-state index in [2.05, 4.69) is 10.2 Å². The van der Waals surface area contributed by atoms with Crippen LogP contribution in [0.1, 0.15) is 37.8 Å². The van der Waals surface area contributed by atoms with Crippen LogP contribution in [0.25, 0.3) is 11.5 Å². The lowest BCUT2D eigenvalue weighted by Crippen LogP contribution is -2.45. The van der Waals surface area contributed by atoms with Crippen molar-refractivity contribution in [3.63, 3.8) is 0 Å². The Labute approximate surface area is 196 Å². The molecule has 4 rings (SSSR count). The first kappa shape index (κ1) is 24.0. The number of benzene rings is 2. The molecule has 0 saturated heterocycles. The van der Waals surface area contributed by atoms with Crippen LogP contribution in [-0.4, -0.2) is 36.3 Å². The Hall–Kier alpha value is -3.15. The number of aromatic nitrogens is 2. The molecular weight excluding hydrogens is 461 g/mol. The van der Waals surface area contributed by atoms with E-state index in [1.807, 2.05) is 32.9 Å². The van der Waals surface area contributed by atoms with Gasteiger partial charge in [-0.25, -0.2) is 12.8 Å². The zero-order valence-electron chi connectivity index (χ0n) is 19.1. The molecule has 1 amide bonds. The van der Waals surface area contributed by atoms with Crippen molar-refractivity contribution in [1.29, 1.82) is 0 Å². The van der Waals surface area contributed by atoms with Gasteiger partial charge in [0.1, 0.15) is 5.82 Å². The summed E-state index contributed by atoms with van der Waals surface area (Å²) in [6, 6.07) is 8.05. The van der Waals surface area contributed by atoms with Crippen LogP contribution in [0.5, 0.6) is 0 Å². The van der Waals surface area contributed by atoms with Crippen LogP contribution in [0.4, 0.5) is 10.1 Å². The molecule has 0 radical (unpaired) electrons. The number of amides is 1. The SMILES string of the molecule is CC(C)(C)c1nnc(-c2cc3c(cc2F)S(=O)(=O)C[C@H](N)C(=O)N3Cc2ccc(CN)cc2)o1. The maximum absolute atomic E-state index is 15.1. The van der Waals surface area contributed by atoms with Crippen molar-refractivity contribution in [2.75, 3.05) is 10.7 Å². The van der Waals surface area contributed by atoms with E-state index in [0.29, 0.717) is 12.4 Å². The minimum atomic E-state index is -4.05. The van der Waals surface area contributed by atoms with Gasteiger partial charge in [0, 0.05) is 12.0 Å². The molecule has 2 aromatic carbocycles. The van der Waals surface area contributed by atoms with Crippen molar-refractivity contribution in [3.05, 3.63) is 59.2 Å².